The number of rotatable bonds is 2. The SMILES string of the molecule is C[C@@H]1CN2C(=N[C@@H](c3ccccn3)[C@H]2c2ccc(Cl)cc2)S1. The number of hydrogen-bond donors (Lipinski definition) is 0. The van der Waals surface area contributed by atoms with Crippen molar-refractivity contribution in [2.24, 2.45) is 4.99 Å². The van der Waals surface area contributed by atoms with Crippen LogP contribution in [0, 0.1) is 0 Å². The van der Waals surface area contributed by atoms with E-state index in [1.54, 1.807) is 0 Å². The maximum Gasteiger partial charge on any atom is 0.160 e. The van der Waals surface area contributed by atoms with Gasteiger partial charge in [-0.05, 0) is 29.8 Å². The molecule has 0 radical (unpaired) electrons. The highest BCUT2D eigenvalue weighted by Gasteiger charge is 2.43. The molecule has 0 bridgehead atoms. The number of thioether (sulfide) groups is 1. The van der Waals surface area contributed by atoms with Crippen molar-refractivity contribution in [3.63, 3.8) is 0 Å². The molecular weight excluding hydrogens is 314 g/mol. The van der Waals surface area contributed by atoms with Gasteiger partial charge in [-0.3, -0.25) is 9.98 Å². The summed E-state index contributed by atoms with van der Waals surface area (Å²) in [4.78, 5) is 11.9. The number of benzene rings is 1. The molecule has 1 saturated heterocycles. The van der Waals surface area contributed by atoms with Crippen LogP contribution < -0.4 is 0 Å². The Morgan fingerprint density at radius 2 is 2.00 bits per heavy atom. The molecule has 1 aromatic heterocycles. The van der Waals surface area contributed by atoms with Gasteiger partial charge in [0.25, 0.3) is 0 Å². The summed E-state index contributed by atoms with van der Waals surface area (Å²) >= 11 is 7.91. The van der Waals surface area contributed by atoms with Crippen LogP contribution in [-0.4, -0.2) is 26.8 Å². The van der Waals surface area contributed by atoms with Crippen molar-refractivity contribution < 1.29 is 0 Å². The van der Waals surface area contributed by atoms with Gasteiger partial charge in [-0.15, -0.1) is 0 Å². The van der Waals surface area contributed by atoms with Gasteiger partial charge in [-0.2, -0.15) is 0 Å². The summed E-state index contributed by atoms with van der Waals surface area (Å²) in [5, 5.41) is 2.49. The van der Waals surface area contributed by atoms with Crippen molar-refractivity contribution in [3.05, 3.63) is 64.9 Å². The lowest BCUT2D eigenvalue weighted by molar-refractivity contribution is 0.321. The monoisotopic (exact) mass is 329 g/mol. The Balaban J connectivity index is 1.76. The number of hydrogen-bond acceptors (Lipinski definition) is 4. The maximum atomic E-state index is 6.05. The van der Waals surface area contributed by atoms with E-state index in [4.69, 9.17) is 16.6 Å². The molecule has 0 N–H and O–H groups in total. The third-order valence-corrected chi connectivity index (χ3v) is 5.45. The molecule has 5 heteroatoms. The number of nitrogens with zero attached hydrogens (tertiary/aromatic N) is 3. The standard InChI is InChI=1S/C17H16ClN3S/c1-11-10-21-16(12-5-7-13(18)8-6-12)15(20-17(21)22-11)14-4-2-3-9-19-14/h2-9,11,15-16H,10H2,1H3/t11-,15+,16-/m1/s1. The van der Waals surface area contributed by atoms with Gasteiger partial charge in [-0.1, -0.05) is 48.5 Å². The number of fused-ring (bicyclic) bond motifs is 1. The Kier molecular flexibility index (Phi) is 3.59. The number of aromatic nitrogens is 1. The molecule has 0 saturated carbocycles. The zero-order valence-corrected chi connectivity index (χ0v) is 13.8. The van der Waals surface area contributed by atoms with E-state index in [-0.39, 0.29) is 12.1 Å². The average molecular weight is 330 g/mol. The van der Waals surface area contributed by atoms with Gasteiger partial charge in [-0.25, -0.2) is 0 Å². The Morgan fingerprint density at radius 3 is 2.73 bits per heavy atom. The summed E-state index contributed by atoms with van der Waals surface area (Å²) in [7, 11) is 0. The first-order valence-corrected chi connectivity index (χ1v) is 8.65. The molecule has 0 unspecified atom stereocenters. The molecule has 0 aliphatic carbocycles. The second-order valence-corrected chi connectivity index (χ2v) is 7.53. The van der Waals surface area contributed by atoms with Crippen molar-refractivity contribution in [1.82, 2.24) is 9.88 Å². The second kappa shape index (κ2) is 5.60. The van der Waals surface area contributed by atoms with Gasteiger partial charge in [0.15, 0.2) is 5.17 Å². The minimum absolute atomic E-state index is 0.0531. The molecule has 4 rings (SSSR count). The molecule has 1 fully saturated rings. The normalized spacial score (nSPS) is 26.9. The highest BCUT2D eigenvalue weighted by molar-refractivity contribution is 8.14. The smallest absolute Gasteiger partial charge is 0.160 e. The first-order chi connectivity index (χ1) is 10.7. The number of pyridine rings is 1. The molecular formula is C17H16ClN3S. The highest BCUT2D eigenvalue weighted by atomic mass is 35.5. The molecule has 112 valence electrons. The molecule has 2 aliphatic rings. The van der Waals surface area contributed by atoms with Crippen molar-refractivity contribution in [3.8, 4) is 0 Å². The fraction of sp³-hybridized carbons (Fsp3) is 0.294. The Bertz CT molecular complexity index is 702. The van der Waals surface area contributed by atoms with E-state index in [2.05, 4.69) is 35.0 Å². The summed E-state index contributed by atoms with van der Waals surface area (Å²) in [6.07, 6.45) is 1.84. The molecule has 3 atom stereocenters. The largest absolute Gasteiger partial charge is 0.341 e. The number of amidine groups is 1. The molecule has 2 aliphatic heterocycles. The van der Waals surface area contributed by atoms with Crippen LogP contribution in [0.1, 0.15) is 30.3 Å². The van der Waals surface area contributed by atoms with Crippen LogP contribution in [0.3, 0.4) is 0 Å². The lowest BCUT2D eigenvalue weighted by Crippen LogP contribution is -2.28. The fourth-order valence-electron chi connectivity index (χ4n) is 3.14. The van der Waals surface area contributed by atoms with E-state index in [1.807, 2.05) is 42.2 Å². The second-order valence-electron chi connectivity index (χ2n) is 5.69. The van der Waals surface area contributed by atoms with Gasteiger partial charge in [0.1, 0.15) is 6.04 Å². The first-order valence-electron chi connectivity index (χ1n) is 7.40. The number of aliphatic imine (C=N–C) groups is 1. The molecule has 0 amide bonds. The molecule has 1 aromatic carbocycles. The Morgan fingerprint density at radius 1 is 1.18 bits per heavy atom. The lowest BCUT2D eigenvalue weighted by Gasteiger charge is -2.27. The van der Waals surface area contributed by atoms with Gasteiger partial charge in [0.05, 0.1) is 11.7 Å². The zero-order valence-electron chi connectivity index (χ0n) is 12.2. The van der Waals surface area contributed by atoms with E-state index in [1.165, 1.54) is 5.56 Å². The summed E-state index contributed by atoms with van der Waals surface area (Å²) in [5.74, 6) is 0. The zero-order chi connectivity index (χ0) is 15.1. The summed E-state index contributed by atoms with van der Waals surface area (Å²) in [6, 6.07) is 14.4. The quantitative estimate of drug-likeness (QED) is 0.821. The highest BCUT2D eigenvalue weighted by Crippen LogP contribution is 2.47. The van der Waals surface area contributed by atoms with Gasteiger partial charge in [0.2, 0.25) is 0 Å². The lowest BCUT2D eigenvalue weighted by atomic mass is 9.96. The Labute approximate surface area is 139 Å². The van der Waals surface area contributed by atoms with Crippen molar-refractivity contribution in [2.45, 2.75) is 24.3 Å². The molecule has 2 aromatic rings. The van der Waals surface area contributed by atoms with Crippen molar-refractivity contribution >= 4 is 28.5 Å². The predicted molar refractivity (Wildman–Crippen MR) is 92.4 cm³/mol. The van der Waals surface area contributed by atoms with Crippen molar-refractivity contribution in [1.29, 1.82) is 0 Å². The minimum Gasteiger partial charge on any atom is -0.341 e. The summed E-state index contributed by atoms with van der Waals surface area (Å²) < 4.78 is 0. The van der Waals surface area contributed by atoms with E-state index in [0.29, 0.717) is 5.25 Å². The Hall–Kier alpha value is -1.52. The fourth-order valence-corrected chi connectivity index (χ4v) is 4.36. The van der Waals surface area contributed by atoms with Gasteiger partial charge < -0.3 is 4.90 Å². The average Bonchev–Trinajstić information content (AvgIpc) is 3.05. The minimum atomic E-state index is 0.0531. The third kappa shape index (κ3) is 2.40. The van der Waals surface area contributed by atoms with Crippen LogP contribution in [0.4, 0.5) is 0 Å². The summed E-state index contributed by atoms with van der Waals surface area (Å²) in [6.45, 7) is 3.28. The topological polar surface area (TPSA) is 28.5 Å². The predicted octanol–water partition coefficient (Wildman–Crippen LogP) is 4.32. The van der Waals surface area contributed by atoms with E-state index in [0.717, 1.165) is 22.4 Å². The maximum absolute atomic E-state index is 6.05. The van der Waals surface area contributed by atoms with Crippen molar-refractivity contribution in [2.75, 3.05) is 6.54 Å². The van der Waals surface area contributed by atoms with E-state index >= 15 is 0 Å². The van der Waals surface area contributed by atoms with Crippen LogP contribution in [-0.2, 0) is 0 Å². The van der Waals surface area contributed by atoms with Gasteiger partial charge >= 0.3 is 0 Å². The van der Waals surface area contributed by atoms with E-state index < -0.39 is 0 Å². The van der Waals surface area contributed by atoms with E-state index in [9.17, 15) is 0 Å². The molecule has 22 heavy (non-hydrogen) atoms. The first kappa shape index (κ1) is 14.1. The third-order valence-electron chi connectivity index (χ3n) is 4.09. The van der Waals surface area contributed by atoms with Crippen LogP contribution in [0.2, 0.25) is 5.02 Å². The molecule has 3 heterocycles. The van der Waals surface area contributed by atoms with Crippen LogP contribution in [0.5, 0.6) is 0 Å². The van der Waals surface area contributed by atoms with Crippen LogP contribution >= 0.6 is 23.4 Å². The molecule has 0 spiro atoms. The van der Waals surface area contributed by atoms with Crippen LogP contribution in [0.25, 0.3) is 0 Å². The van der Waals surface area contributed by atoms with Crippen LogP contribution in [0.15, 0.2) is 53.7 Å². The summed E-state index contributed by atoms with van der Waals surface area (Å²) in [5.41, 5.74) is 2.27. The molecule has 3 nitrogen and oxygen atoms in total. The van der Waals surface area contributed by atoms with Gasteiger partial charge in [0, 0.05) is 23.0 Å². The number of halogens is 1.